The third kappa shape index (κ3) is 3.40. The molecule has 0 bridgehead atoms. The van der Waals surface area contributed by atoms with E-state index in [0.717, 1.165) is 47.3 Å². The third-order valence-electron chi connectivity index (χ3n) is 7.02. The molecule has 3 aromatic rings. The number of hydrogen-bond donors (Lipinski definition) is 1. The minimum Gasteiger partial charge on any atom is -0.365 e. The predicted octanol–water partition coefficient (Wildman–Crippen LogP) is 4.57. The number of nitrogens with zero attached hydrogens (tertiary/aromatic N) is 4. The number of fused-ring (bicyclic) bond motifs is 2. The molecule has 1 saturated carbocycles. The van der Waals surface area contributed by atoms with Crippen molar-refractivity contribution in [3.63, 3.8) is 0 Å². The molecule has 1 aliphatic carbocycles. The van der Waals surface area contributed by atoms with Crippen LogP contribution < -0.4 is 10.2 Å². The molecule has 3 aliphatic rings. The van der Waals surface area contributed by atoms with Crippen molar-refractivity contribution < 1.29 is 0 Å². The number of aromatic nitrogens is 2. The lowest BCUT2D eigenvalue weighted by molar-refractivity contribution is 0.226. The highest BCUT2D eigenvalue weighted by Gasteiger charge is 2.52. The minimum absolute atomic E-state index is 0.649. The van der Waals surface area contributed by atoms with Crippen LogP contribution in [0.4, 0.5) is 11.8 Å². The number of halogens is 1. The molecular weight excluding hydrogens is 394 g/mol. The van der Waals surface area contributed by atoms with Crippen LogP contribution in [0.1, 0.15) is 24.8 Å². The van der Waals surface area contributed by atoms with Gasteiger partial charge >= 0.3 is 0 Å². The molecule has 0 amide bonds. The van der Waals surface area contributed by atoms with E-state index in [-0.39, 0.29) is 0 Å². The van der Waals surface area contributed by atoms with E-state index < -0.39 is 0 Å². The molecule has 154 valence electrons. The first-order valence-corrected chi connectivity index (χ1v) is 11.3. The summed E-state index contributed by atoms with van der Waals surface area (Å²) in [5, 5.41) is 5.36. The van der Waals surface area contributed by atoms with Gasteiger partial charge in [0.1, 0.15) is 5.82 Å². The maximum absolute atomic E-state index is 6.02. The van der Waals surface area contributed by atoms with E-state index in [0.29, 0.717) is 18.0 Å². The first kappa shape index (κ1) is 18.4. The number of piperazine rings is 1. The zero-order valence-corrected chi connectivity index (χ0v) is 17.8. The highest BCUT2D eigenvalue weighted by molar-refractivity contribution is 6.30. The van der Waals surface area contributed by atoms with Crippen LogP contribution in [0.2, 0.25) is 5.02 Å². The molecule has 2 saturated heterocycles. The van der Waals surface area contributed by atoms with Crippen LogP contribution in [0.3, 0.4) is 0 Å². The van der Waals surface area contributed by atoms with Crippen LogP contribution in [-0.4, -0.2) is 47.1 Å². The lowest BCUT2D eigenvalue weighted by atomic mass is 10.0. The molecule has 30 heavy (non-hydrogen) atoms. The molecule has 2 aliphatic heterocycles. The fourth-order valence-corrected chi connectivity index (χ4v) is 5.27. The van der Waals surface area contributed by atoms with Gasteiger partial charge in [-0.2, -0.15) is 4.98 Å². The van der Waals surface area contributed by atoms with Crippen molar-refractivity contribution in [3.05, 3.63) is 59.1 Å². The van der Waals surface area contributed by atoms with Crippen molar-refractivity contribution in [1.82, 2.24) is 14.9 Å². The van der Waals surface area contributed by atoms with E-state index in [2.05, 4.69) is 27.2 Å². The zero-order chi connectivity index (χ0) is 20.1. The van der Waals surface area contributed by atoms with Gasteiger partial charge in [-0.1, -0.05) is 35.9 Å². The predicted molar refractivity (Wildman–Crippen MR) is 122 cm³/mol. The molecule has 2 aromatic carbocycles. The Labute approximate surface area is 182 Å². The SMILES string of the molecule is Clc1ccc(CNc2nc(N3CCN4CC5(CC5)C[C@H]4C3)nc3ccccc23)cc1. The Balaban J connectivity index is 1.27. The van der Waals surface area contributed by atoms with Gasteiger partial charge in [0.05, 0.1) is 5.52 Å². The molecule has 3 heterocycles. The molecule has 3 fully saturated rings. The molecule has 5 nitrogen and oxygen atoms in total. The number of anilines is 2. The smallest absolute Gasteiger partial charge is 0.227 e. The molecule has 6 heteroatoms. The molecule has 1 N–H and O–H groups in total. The Hall–Kier alpha value is -2.37. The summed E-state index contributed by atoms with van der Waals surface area (Å²) in [4.78, 5) is 15.0. The summed E-state index contributed by atoms with van der Waals surface area (Å²) in [5.74, 6) is 1.75. The second-order valence-corrected chi connectivity index (χ2v) is 9.58. The van der Waals surface area contributed by atoms with Crippen molar-refractivity contribution in [2.75, 3.05) is 36.4 Å². The summed E-state index contributed by atoms with van der Waals surface area (Å²) in [6.07, 6.45) is 4.19. The Kier molecular flexibility index (Phi) is 4.36. The van der Waals surface area contributed by atoms with Gasteiger partial charge in [-0.15, -0.1) is 0 Å². The summed E-state index contributed by atoms with van der Waals surface area (Å²) in [7, 11) is 0. The van der Waals surface area contributed by atoms with Gasteiger partial charge in [-0.05, 0) is 54.5 Å². The largest absolute Gasteiger partial charge is 0.365 e. The van der Waals surface area contributed by atoms with Gasteiger partial charge in [0.25, 0.3) is 0 Å². The standard InChI is InChI=1S/C24H26ClN5/c25-18-7-5-17(6-8-18)14-26-22-20-3-1-2-4-21(20)27-23(28-22)29-11-12-30-16-24(9-10-24)13-19(30)15-29/h1-8,19H,9-16H2,(H,26,27,28)/t19-/m0/s1. The second kappa shape index (κ2) is 7.10. The first-order chi connectivity index (χ1) is 14.7. The van der Waals surface area contributed by atoms with Crippen molar-refractivity contribution in [2.45, 2.75) is 31.8 Å². The average Bonchev–Trinajstić information content (AvgIpc) is 3.41. The topological polar surface area (TPSA) is 44.3 Å². The van der Waals surface area contributed by atoms with Crippen molar-refractivity contribution >= 4 is 34.3 Å². The maximum Gasteiger partial charge on any atom is 0.227 e. The Morgan fingerprint density at radius 2 is 1.87 bits per heavy atom. The number of benzene rings is 2. The van der Waals surface area contributed by atoms with Gasteiger partial charge in [0.2, 0.25) is 5.95 Å². The maximum atomic E-state index is 6.02. The van der Waals surface area contributed by atoms with Crippen LogP contribution in [0.25, 0.3) is 10.9 Å². The van der Waals surface area contributed by atoms with Crippen LogP contribution in [0.15, 0.2) is 48.5 Å². The van der Waals surface area contributed by atoms with Crippen LogP contribution in [0.5, 0.6) is 0 Å². The average molecular weight is 420 g/mol. The van der Waals surface area contributed by atoms with Crippen LogP contribution in [0, 0.1) is 5.41 Å². The van der Waals surface area contributed by atoms with Crippen molar-refractivity contribution in [2.24, 2.45) is 5.41 Å². The van der Waals surface area contributed by atoms with E-state index in [9.17, 15) is 0 Å². The summed E-state index contributed by atoms with van der Waals surface area (Å²) in [5.41, 5.74) is 2.82. The van der Waals surface area contributed by atoms with E-state index in [1.54, 1.807) is 0 Å². The van der Waals surface area contributed by atoms with E-state index in [4.69, 9.17) is 21.6 Å². The summed E-state index contributed by atoms with van der Waals surface area (Å²) < 4.78 is 0. The zero-order valence-electron chi connectivity index (χ0n) is 17.0. The third-order valence-corrected chi connectivity index (χ3v) is 7.27. The molecule has 6 rings (SSSR count). The second-order valence-electron chi connectivity index (χ2n) is 9.14. The highest BCUT2D eigenvalue weighted by Crippen LogP contribution is 2.55. The number of hydrogen-bond acceptors (Lipinski definition) is 5. The van der Waals surface area contributed by atoms with E-state index in [1.165, 1.54) is 31.4 Å². The fraction of sp³-hybridized carbons (Fsp3) is 0.417. The first-order valence-electron chi connectivity index (χ1n) is 10.9. The Bertz CT molecular complexity index is 1080. The lowest BCUT2D eigenvalue weighted by Gasteiger charge is -2.37. The Morgan fingerprint density at radius 3 is 2.70 bits per heavy atom. The minimum atomic E-state index is 0.649. The normalized spacial score (nSPS) is 22.4. The number of para-hydroxylation sites is 1. The summed E-state index contributed by atoms with van der Waals surface area (Å²) in [6.45, 7) is 5.17. The molecule has 0 radical (unpaired) electrons. The quantitative estimate of drug-likeness (QED) is 0.671. The fourth-order valence-electron chi connectivity index (χ4n) is 5.14. The Morgan fingerprint density at radius 1 is 1.03 bits per heavy atom. The van der Waals surface area contributed by atoms with Gasteiger partial charge in [0.15, 0.2) is 0 Å². The van der Waals surface area contributed by atoms with Gasteiger partial charge in [-0.25, -0.2) is 4.98 Å². The molecule has 0 unspecified atom stereocenters. The molecular formula is C24H26ClN5. The van der Waals surface area contributed by atoms with Crippen LogP contribution in [-0.2, 0) is 6.54 Å². The van der Waals surface area contributed by atoms with Crippen molar-refractivity contribution in [1.29, 1.82) is 0 Å². The van der Waals surface area contributed by atoms with Gasteiger partial charge in [0, 0.05) is 49.2 Å². The van der Waals surface area contributed by atoms with E-state index >= 15 is 0 Å². The summed E-state index contributed by atoms with van der Waals surface area (Å²) in [6, 6.07) is 16.9. The van der Waals surface area contributed by atoms with Gasteiger partial charge in [-0.3, -0.25) is 4.90 Å². The lowest BCUT2D eigenvalue weighted by Crippen LogP contribution is -2.50. The van der Waals surface area contributed by atoms with Crippen molar-refractivity contribution in [3.8, 4) is 0 Å². The monoisotopic (exact) mass is 419 g/mol. The van der Waals surface area contributed by atoms with Gasteiger partial charge < -0.3 is 10.2 Å². The number of nitrogens with one attached hydrogen (secondary N) is 1. The molecule has 1 atom stereocenters. The highest BCUT2D eigenvalue weighted by atomic mass is 35.5. The molecule has 1 spiro atoms. The van der Waals surface area contributed by atoms with Crippen LogP contribution >= 0.6 is 11.6 Å². The van der Waals surface area contributed by atoms with E-state index in [1.807, 2.05) is 36.4 Å². The number of rotatable bonds is 4. The summed E-state index contributed by atoms with van der Waals surface area (Å²) >= 11 is 6.02. The molecule has 1 aromatic heterocycles.